The van der Waals surface area contributed by atoms with E-state index >= 15 is 0 Å². The molecule has 92 valence electrons. The van der Waals surface area contributed by atoms with Gasteiger partial charge in [-0.1, -0.05) is 13.8 Å². The molecule has 0 aliphatic heterocycles. The van der Waals surface area contributed by atoms with Crippen molar-refractivity contribution < 1.29 is 0 Å². The smallest absolute Gasteiger partial charge is 0.0675 e. The van der Waals surface area contributed by atoms with Crippen LogP contribution in [0.5, 0.6) is 0 Å². The van der Waals surface area contributed by atoms with Gasteiger partial charge in [-0.3, -0.25) is 9.97 Å². The van der Waals surface area contributed by atoms with Crippen molar-refractivity contribution in [3.05, 3.63) is 36.4 Å². The summed E-state index contributed by atoms with van der Waals surface area (Å²) in [7, 11) is 2.08. The van der Waals surface area contributed by atoms with Crippen molar-refractivity contribution in [1.82, 2.24) is 14.5 Å². The van der Waals surface area contributed by atoms with Crippen molar-refractivity contribution in [3.8, 4) is 0 Å². The Kier molecular flexibility index (Phi) is 2.54. The molecular formula is C15H17N3. The Morgan fingerprint density at radius 1 is 1.17 bits per heavy atom. The highest BCUT2D eigenvalue weighted by molar-refractivity contribution is 6.07. The van der Waals surface area contributed by atoms with Crippen LogP contribution in [-0.4, -0.2) is 14.5 Å². The summed E-state index contributed by atoms with van der Waals surface area (Å²) in [4.78, 5) is 8.80. The van der Waals surface area contributed by atoms with Crippen LogP contribution in [0.25, 0.3) is 21.8 Å². The van der Waals surface area contributed by atoms with Crippen LogP contribution in [0.4, 0.5) is 0 Å². The van der Waals surface area contributed by atoms with E-state index < -0.39 is 0 Å². The lowest BCUT2D eigenvalue weighted by molar-refractivity contribution is 0.636. The lowest BCUT2D eigenvalue weighted by Gasteiger charge is -2.04. The molecule has 0 saturated carbocycles. The molecule has 0 N–H and O–H groups in total. The molecule has 0 unspecified atom stereocenters. The monoisotopic (exact) mass is 239 g/mol. The van der Waals surface area contributed by atoms with Crippen molar-refractivity contribution in [2.75, 3.05) is 0 Å². The van der Waals surface area contributed by atoms with Crippen LogP contribution in [-0.2, 0) is 13.5 Å². The molecule has 0 aliphatic carbocycles. The van der Waals surface area contributed by atoms with E-state index in [0.717, 1.165) is 12.1 Å². The van der Waals surface area contributed by atoms with E-state index in [1.807, 2.05) is 18.6 Å². The number of rotatable bonds is 2. The SMILES string of the molecule is CC(C)Cc1cc2c3cnccc3n(C)c2cn1. The topological polar surface area (TPSA) is 30.7 Å². The Morgan fingerprint density at radius 2 is 2.00 bits per heavy atom. The average molecular weight is 239 g/mol. The second-order valence-electron chi connectivity index (χ2n) is 5.24. The summed E-state index contributed by atoms with van der Waals surface area (Å²) in [5.74, 6) is 0.628. The van der Waals surface area contributed by atoms with Crippen LogP contribution in [0.15, 0.2) is 30.7 Å². The molecule has 3 aromatic heterocycles. The molecule has 0 aliphatic rings. The van der Waals surface area contributed by atoms with Crippen LogP contribution in [0.1, 0.15) is 19.5 Å². The van der Waals surface area contributed by atoms with Crippen molar-refractivity contribution in [1.29, 1.82) is 0 Å². The Bertz CT molecular complexity index is 710. The molecule has 0 saturated heterocycles. The second-order valence-corrected chi connectivity index (χ2v) is 5.24. The summed E-state index contributed by atoms with van der Waals surface area (Å²) in [5, 5.41) is 2.47. The molecule has 3 heteroatoms. The Hall–Kier alpha value is -1.90. The zero-order valence-electron chi connectivity index (χ0n) is 11.0. The summed E-state index contributed by atoms with van der Waals surface area (Å²) >= 11 is 0. The van der Waals surface area contributed by atoms with Gasteiger partial charge in [0.05, 0.1) is 17.2 Å². The molecule has 3 nitrogen and oxygen atoms in total. The zero-order chi connectivity index (χ0) is 12.7. The number of fused-ring (bicyclic) bond motifs is 3. The number of pyridine rings is 2. The predicted molar refractivity (Wildman–Crippen MR) is 74.6 cm³/mol. The molecule has 0 radical (unpaired) electrons. The molecule has 0 aromatic carbocycles. The first-order valence-corrected chi connectivity index (χ1v) is 6.34. The first-order valence-electron chi connectivity index (χ1n) is 6.34. The minimum atomic E-state index is 0.628. The van der Waals surface area contributed by atoms with E-state index in [1.54, 1.807) is 0 Å². The second kappa shape index (κ2) is 4.09. The molecule has 18 heavy (non-hydrogen) atoms. The summed E-state index contributed by atoms with van der Waals surface area (Å²) in [6.07, 6.45) is 6.78. The first-order chi connectivity index (χ1) is 8.66. The number of aryl methyl sites for hydroxylation is 1. The van der Waals surface area contributed by atoms with E-state index in [9.17, 15) is 0 Å². The Labute approximate surface area is 106 Å². The highest BCUT2D eigenvalue weighted by atomic mass is 15.0. The van der Waals surface area contributed by atoms with Gasteiger partial charge in [-0.25, -0.2) is 0 Å². The van der Waals surface area contributed by atoms with Crippen molar-refractivity contribution in [3.63, 3.8) is 0 Å². The molecule has 3 rings (SSSR count). The normalized spacial score (nSPS) is 11.8. The van der Waals surface area contributed by atoms with E-state index in [-0.39, 0.29) is 0 Å². The first kappa shape index (κ1) is 11.2. The minimum Gasteiger partial charge on any atom is -0.342 e. The largest absolute Gasteiger partial charge is 0.342 e. The maximum Gasteiger partial charge on any atom is 0.0675 e. The van der Waals surface area contributed by atoms with E-state index in [4.69, 9.17) is 0 Å². The Balaban J connectivity index is 2.29. The predicted octanol–water partition coefficient (Wildman–Crippen LogP) is 3.32. The van der Waals surface area contributed by atoms with E-state index in [1.165, 1.54) is 21.8 Å². The highest BCUT2D eigenvalue weighted by Crippen LogP contribution is 2.27. The third-order valence-corrected chi connectivity index (χ3v) is 3.37. The highest BCUT2D eigenvalue weighted by Gasteiger charge is 2.09. The van der Waals surface area contributed by atoms with Gasteiger partial charge in [0.2, 0.25) is 0 Å². The van der Waals surface area contributed by atoms with Gasteiger partial charge in [0, 0.05) is 35.9 Å². The van der Waals surface area contributed by atoms with Crippen molar-refractivity contribution >= 4 is 21.8 Å². The fourth-order valence-electron chi connectivity index (χ4n) is 2.52. The van der Waals surface area contributed by atoms with Gasteiger partial charge < -0.3 is 4.57 Å². The molecular weight excluding hydrogens is 222 g/mol. The van der Waals surface area contributed by atoms with Crippen LogP contribution >= 0.6 is 0 Å². The van der Waals surface area contributed by atoms with Crippen LogP contribution in [0, 0.1) is 5.92 Å². The summed E-state index contributed by atoms with van der Waals surface area (Å²) in [6.45, 7) is 4.44. The van der Waals surface area contributed by atoms with Gasteiger partial charge in [0.1, 0.15) is 0 Å². The van der Waals surface area contributed by atoms with Crippen LogP contribution in [0.2, 0.25) is 0 Å². The Morgan fingerprint density at radius 3 is 2.78 bits per heavy atom. The zero-order valence-corrected chi connectivity index (χ0v) is 11.0. The molecule has 0 fully saturated rings. The van der Waals surface area contributed by atoms with Crippen molar-refractivity contribution in [2.45, 2.75) is 20.3 Å². The number of aromatic nitrogens is 3. The molecule has 0 bridgehead atoms. The number of nitrogens with zero attached hydrogens (tertiary/aromatic N) is 3. The van der Waals surface area contributed by atoms with E-state index in [0.29, 0.717) is 5.92 Å². The van der Waals surface area contributed by atoms with Gasteiger partial charge in [0.15, 0.2) is 0 Å². The molecule has 0 atom stereocenters. The molecule has 3 heterocycles. The van der Waals surface area contributed by atoms with Gasteiger partial charge in [0.25, 0.3) is 0 Å². The molecule has 3 aromatic rings. The standard InChI is InChI=1S/C15H17N3/c1-10(2)6-11-7-12-13-8-16-5-4-14(13)18(3)15(12)9-17-11/h4-5,7-10H,6H2,1-3H3. The minimum absolute atomic E-state index is 0.628. The van der Waals surface area contributed by atoms with Gasteiger partial charge in [-0.2, -0.15) is 0 Å². The quantitative estimate of drug-likeness (QED) is 0.687. The lowest BCUT2D eigenvalue weighted by Crippen LogP contribution is -1.97. The van der Waals surface area contributed by atoms with Crippen molar-refractivity contribution in [2.24, 2.45) is 13.0 Å². The van der Waals surface area contributed by atoms with E-state index in [2.05, 4.69) is 47.6 Å². The third kappa shape index (κ3) is 1.67. The van der Waals surface area contributed by atoms with Crippen LogP contribution < -0.4 is 0 Å². The average Bonchev–Trinajstić information content (AvgIpc) is 2.63. The fraction of sp³-hybridized carbons (Fsp3) is 0.333. The maximum atomic E-state index is 4.56. The number of hydrogen-bond donors (Lipinski definition) is 0. The summed E-state index contributed by atoms with van der Waals surface area (Å²) in [5.41, 5.74) is 3.54. The van der Waals surface area contributed by atoms with Gasteiger partial charge in [-0.05, 0) is 24.5 Å². The fourth-order valence-corrected chi connectivity index (χ4v) is 2.52. The van der Waals surface area contributed by atoms with Gasteiger partial charge >= 0.3 is 0 Å². The lowest BCUT2D eigenvalue weighted by atomic mass is 10.1. The molecule has 0 amide bonds. The summed E-state index contributed by atoms with van der Waals surface area (Å²) < 4.78 is 2.18. The maximum absolute atomic E-state index is 4.56. The van der Waals surface area contributed by atoms with Gasteiger partial charge in [-0.15, -0.1) is 0 Å². The summed E-state index contributed by atoms with van der Waals surface area (Å²) in [6, 6.07) is 4.26. The number of hydrogen-bond acceptors (Lipinski definition) is 2. The third-order valence-electron chi connectivity index (χ3n) is 3.37. The van der Waals surface area contributed by atoms with Crippen LogP contribution in [0.3, 0.4) is 0 Å². The molecule has 0 spiro atoms.